The highest BCUT2D eigenvalue weighted by atomic mass is 32.2. The van der Waals surface area contributed by atoms with E-state index >= 15 is 0 Å². The fraction of sp³-hybridized carbons (Fsp3) is 0.0345. The minimum absolute atomic E-state index is 0.0958. The molecule has 9 nitrogen and oxygen atoms in total. The smallest absolute Gasteiger partial charge is 0.261 e. The Bertz CT molecular complexity index is 1770. The molecule has 3 N–H and O–H groups in total. The van der Waals surface area contributed by atoms with Gasteiger partial charge in [-0.3, -0.25) is 14.7 Å². The van der Waals surface area contributed by atoms with Crippen LogP contribution in [0.4, 0.5) is 5.69 Å². The Balaban J connectivity index is 1.37. The van der Waals surface area contributed by atoms with E-state index in [0.717, 1.165) is 5.56 Å². The van der Waals surface area contributed by atoms with Crippen molar-refractivity contribution in [2.24, 2.45) is 0 Å². The molecule has 0 unspecified atom stereocenters. The summed E-state index contributed by atoms with van der Waals surface area (Å²) in [5.74, 6) is 1.19. The number of nitrogens with zero attached hydrogens (tertiary/aromatic N) is 3. The van der Waals surface area contributed by atoms with Crippen LogP contribution < -0.4 is 14.8 Å². The Morgan fingerprint density at radius 3 is 2.38 bits per heavy atom. The van der Waals surface area contributed by atoms with Gasteiger partial charge in [0.25, 0.3) is 10.0 Å². The lowest BCUT2D eigenvalue weighted by atomic mass is 10.1. The number of benzene rings is 3. The van der Waals surface area contributed by atoms with E-state index in [4.69, 9.17) is 10.1 Å². The predicted octanol–water partition coefficient (Wildman–Crippen LogP) is 5.49. The zero-order valence-electron chi connectivity index (χ0n) is 20.9. The van der Waals surface area contributed by atoms with E-state index < -0.39 is 10.0 Å². The van der Waals surface area contributed by atoms with Crippen LogP contribution >= 0.6 is 0 Å². The molecule has 5 aromatic rings. The average molecular weight is 537 g/mol. The molecule has 10 heteroatoms. The molecule has 0 fully saturated rings. The number of pyridine rings is 1. The second-order valence-corrected chi connectivity index (χ2v) is 10.1. The highest BCUT2D eigenvalue weighted by Gasteiger charge is 2.15. The number of allylic oxidation sites excluding steroid dienone is 1. The highest BCUT2D eigenvalue weighted by molar-refractivity contribution is 7.92. The van der Waals surface area contributed by atoms with Crippen LogP contribution in [-0.4, -0.2) is 36.6 Å². The van der Waals surface area contributed by atoms with E-state index in [0.29, 0.717) is 45.1 Å². The van der Waals surface area contributed by atoms with Crippen molar-refractivity contribution < 1.29 is 13.2 Å². The van der Waals surface area contributed by atoms with Crippen LogP contribution in [0.5, 0.6) is 11.5 Å². The molecule has 39 heavy (non-hydrogen) atoms. The standard InChI is InChI=1S/C29H24N6O3S/c1-31-16-22(15-30)29-19-33-27-12-7-20(14-28(27)34-29)21-13-23(18-32-17-21)35-39(36,37)26-10-8-25(9-11-26)38-24-5-3-2-4-6-24/h2-19,30-31,35H,1H3/b22-16+,30-15?. The maximum Gasteiger partial charge on any atom is 0.261 e. The summed E-state index contributed by atoms with van der Waals surface area (Å²) < 4.78 is 34.4. The summed E-state index contributed by atoms with van der Waals surface area (Å²) in [5.41, 5.74) is 4.30. The van der Waals surface area contributed by atoms with Crippen LogP contribution in [0.2, 0.25) is 0 Å². The molecule has 5 rings (SSSR count). The summed E-state index contributed by atoms with van der Waals surface area (Å²) in [4.78, 5) is 13.4. The van der Waals surface area contributed by atoms with Crippen LogP contribution in [-0.2, 0) is 10.0 Å². The molecule has 0 saturated carbocycles. The predicted molar refractivity (Wildman–Crippen MR) is 152 cm³/mol. The van der Waals surface area contributed by atoms with Crippen molar-refractivity contribution in [2.45, 2.75) is 4.90 Å². The van der Waals surface area contributed by atoms with Crippen LogP contribution in [0, 0.1) is 5.41 Å². The van der Waals surface area contributed by atoms with Crippen molar-refractivity contribution in [3.8, 4) is 22.6 Å². The number of fused-ring (bicyclic) bond motifs is 1. The molecule has 2 aromatic heterocycles. The highest BCUT2D eigenvalue weighted by Crippen LogP contribution is 2.27. The van der Waals surface area contributed by atoms with E-state index in [1.54, 1.807) is 43.8 Å². The quantitative estimate of drug-likeness (QED) is 0.212. The molecule has 0 aliphatic heterocycles. The third-order valence-electron chi connectivity index (χ3n) is 5.73. The lowest BCUT2D eigenvalue weighted by molar-refractivity contribution is 0.482. The van der Waals surface area contributed by atoms with Crippen molar-refractivity contribution in [3.05, 3.63) is 109 Å². The Morgan fingerprint density at radius 2 is 1.64 bits per heavy atom. The first kappa shape index (κ1) is 25.6. The average Bonchev–Trinajstić information content (AvgIpc) is 2.96. The normalized spacial score (nSPS) is 11.7. The lowest BCUT2D eigenvalue weighted by Gasteiger charge is -2.11. The van der Waals surface area contributed by atoms with Gasteiger partial charge in [0, 0.05) is 36.8 Å². The number of aromatic nitrogens is 3. The minimum Gasteiger partial charge on any atom is -0.457 e. The van der Waals surface area contributed by atoms with Gasteiger partial charge >= 0.3 is 0 Å². The fourth-order valence-corrected chi connectivity index (χ4v) is 4.89. The monoisotopic (exact) mass is 536 g/mol. The van der Waals surface area contributed by atoms with Gasteiger partial charge in [0.1, 0.15) is 11.5 Å². The van der Waals surface area contributed by atoms with Gasteiger partial charge in [-0.15, -0.1) is 0 Å². The van der Waals surface area contributed by atoms with Crippen LogP contribution in [0.1, 0.15) is 5.69 Å². The number of nitrogens with one attached hydrogen (secondary N) is 3. The number of rotatable bonds is 9. The molecule has 0 bridgehead atoms. The summed E-state index contributed by atoms with van der Waals surface area (Å²) in [5, 5.41) is 10.5. The molecular weight excluding hydrogens is 512 g/mol. The molecular formula is C29H24N6O3S. The Morgan fingerprint density at radius 1 is 0.872 bits per heavy atom. The van der Waals surface area contributed by atoms with Gasteiger partial charge < -0.3 is 15.5 Å². The first-order chi connectivity index (χ1) is 18.9. The Kier molecular flexibility index (Phi) is 7.28. The summed E-state index contributed by atoms with van der Waals surface area (Å²) in [6, 6.07) is 22.7. The van der Waals surface area contributed by atoms with Gasteiger partial charge in [0.05, 0.1) is 39.7 Å². The van der Waals surface area contributed by atoms with Gasteiger partial charge in [-0.2, -0.15) is 0 Å². The number of sulfonamides is 1. The molecule has 3 aromatic carbocycles. The summed E-state index contributed by atoms with van der Waals surface area (Å²) >= 11 is 0. The van der Waals surface area contributed by atoms with Crippen molar-refractivity contribution in [3.63, 3.8) is 0 Å². The maximum absolute atomic E-state index is 13.1. The number of hydrogen-bond acceptors (Lipinski definition) is 8. The lowest BCUT2D eigenvalue weighted by Crippen LogP contribution is -2.13. The molecule has 194 valence electrons. The molecule has 0 aliphatic rings. The Labute approximate surface area is 225 Å². The molecule has 0 spiro atoms. The van der Waals surface area contributed by atoms with Crippen molar-refractivity contribution >= 4 is 38.5 Å². The first-order valence-corrected chi connectivity index (χ1v) is 13.4. The number of ether oxygens (including phenoxy) is 1. The molecule has 0 aliphatic carbocycles. The summed E-state index contributed by atoms with van der Waals surface area (Å²) in [6.45, 7) is 0. The number of hydrogen-bond donors (Lipinski definition) is 3. The van der Waals surface area contributed by atoms with E-state index in [1.807, 2.05) is 48.5 Å². The van der Waals surface area contributed by atoms with Crippen LogP contribution in [0.3, 0.4) is 0 Å². The summed E-state index contributed by atoms with van der Waals surface area (Å²) in [7, 11) is -2.11. The van der Waals surface area contributed by atoms with Gasteiger partial charge in [-0.25, -0.2) is 13.4 Å². The second kappa shape index (κ2) is 11.1. The van der Waals surface area contributed by atoms with Crippen molar-refractivity contribution in [1.29, 1.82) is 5.41 Å². The fourth-order valence-electron chi connectivity index (χ4n) is 3.85. The van der Waals surface area contributed by atoms with Crippen LogP contribution in [0.15, 0.2) is 109 Å². The molecule has 0 saturated heterocycles. The largest absolute Gasteiger partial charge is 0.457 e. The SMILES string of the molecule is CN/C=C(\C=N)c1cnc2ccc(-c3cncc(NS(=O)(=O)c4ccc(Oc5ccccc5)cc4)c3)cc2n1. The van der Waals surface area contributed by atoms with Gasteiger partial charge in [-0.05, 0) is 60.2 Å². The van der Waals surface area contributed by atoms with Crippen molar-refractivity contribution in [1.82, 2.24) is 20.3 Å². The maximum atomic E-state index is 13.1. The third kappa shape index (κ3) is 5.91. The molecule has 0 radical (unpaired) electrons. The van der Waals surface area contributed by atoms with E-state index in [-0.39, 0.29) is 4.90 Å². The van der Waals surface area contributed by atoms with Crippen molar-refractivity contribution in [2.75, 3.05) is 11.8 Å². The van der Waals surface area contributed by atoms with E-state index in [2.05, 4.69) is 25.0 Å². The number of anilines is 1. The number of para-hydroxylation sites is 1. The molecule has 0 atom stereocenters. The summed E-state index contributed by atoms with van der Waals surface area (Å²) in [6.07, 6.45) is 7.60. The van der Waals surface area contributed by atoms with Gasteiger partial charge in [0.2, 0.25) is 0 Å². The second-order valence-electron chi connectivity index (χ2n) is 8.45. The first-order valence-electron chi connectivity index (χ1n) is 11.9. The third-order valence-corrected chi connectivity index (χ3v) is 7.13. The molecule has 0 amide bonds. The van der Waals surface area contributed by atoms with Gasteiger partial charge in [0.15, 0.2) is 0 Å². The van der Waals surface area contributed by atoms with Gasteiger partial charge in [-0.1, -0.05) is 24.3 Å². The van der Waals surface area contributed by atoms with Crippen LogP contribution in [0.25, 0.3) is 27.7 Å². The Hall–Kier alpha value is -5.09. The van der Waals surface area contributed by atoms with E-state index in [9.17, 15) is 8.42 Å². The minimum atomic E-state index is -3.86. The van der Waals surface area contributed by atoms with E-state index in [1.165, 1.54) is 24.5 Å². The topological polar surface area (TPSA) is 130 Å². The zero-order valence-corrected chi connectivity index (χ0v) is 21.7. The molecule has 2 heterocycles. The zero-order chi connectivity index (χ0) is 27.2.